The van der Waals surface area contributed by atoms with Crippen molar-refractivity contribution in [3.63, 3.8) is 0 Å². The second-order valence-corrected chi connectivity index (χ2v) is 4.58. The highest BCUT2D eigenvalue weighted by molar-refractivity contribution is 6.33. The summed E-state index contributed by atoms with van der Waals surface area (Å²) in [5.41, 5.74) is -2.46. The molecule has 2 aromatic heterocycles. The van der Waals surface area contributed by atoms with E-state index in [1.165, 1.54) is 0 Å². The monoisotopic (exact) mass is 349 g/mol. The lowest BCUT2D eigenvalue weighted by atomic mass is 10.3. The minimum Gasteiger partial charge on any atom is -0.235 e. The SMILES string of the molecule is FC(F)(F)c1cnc(-n2nc(C(F)(F)F)cc2Cl)c(Cl)c1. The number of aromatic nitrogens is 3. The van der Waals surface area contributed by atoms with Gasteiger partial charge in [0.05, 0.1) is 10.6 Å². The van der Waals surface area contributed by atoms with Gasteiger partial charge in [-0.3, -0.25) is 0 Å². The third-order valence-electron chi connectivity index (χ3n) is 2.31. The van der Waals surface area contributed by atoms with E-state index < -0.39 is 39.6 Å². The predicted octanol–water partition coefficient (Wildman–Crippen LogP) is 4.61. The van der Waals surface area contributed by atoms with Crippen LogP contribution in [0.4, 0.5) is 26.3 Å². The fourth-order valence-electron chi connectivity index (χ4n) is 1.39. The minimum absolute atomic E-state index is 0.423. The molecule has 2 rings (SSSR count). The lowest BCUT2D eigenvalue weighted by molar-refractivity contribution is -0.141. The molecule has 3 nitrogen and oxygen atoms in total. The topological polar surface area (TPSA) is 30.7 Å². The van der Waals surface area contributed by atoms with Crippen LogP contribution in [0, 0.1) is 0 Å². The van der Waals surface area contributed by atoms with Crippen LogP contribution in [0.5, 0.6) is 0 Å². The summed E-state index contributed by atoms with van der Waals surface area (Å²) in [5, 5.41) is 2.11. The van der Waals surface area contributed by atoms with Gasteiger partial charge in [0.2, 0.25) is 0 Å². The quantitative estimate of drug-likeness (QED) is 0.704. The van der Waals surface area contributed by atoms with Crippen LogP contribution >= 0.6 is 23.2 Å². The Balaban J connectivity index is 2.51. The highest BCUT2D eigenvalue weighted by atomic mass is 35.5. The van der Waals surface area contributed by atoms with Gasteiger partial charge in [-0.15, -0.1) is 0 Å². The van der Waals surface area contributed by atoms with Crippen molar-refractivity contribution in [3.8, 4) is 5.82 Å². The molecule has 0 atom stereocenters. The first-order valence-corrected chi connectivity index (χ1v) is 5.81. The molecule has 0 N–H and O–H groups in total. The Morgan fingerprint density at radius 2 is 1.57 bits per heavy atom. The lowest BCUT2D eigenvalue weighted by Crippen LogP contribution is -2.10. The van der Waals surface area contributed by atoms with E-state index in [0.29, 0.717) is 23.0 Å². The minimum atomic E-state index is -4.76. The van der Waals surface area contributed by atoms with E-state index in [1.54, 1.807) is 0 Å². The lowest BCUT2D eigenvalue weighted by Gasteiger charge is -2.09. The summed E-state index contributed by atoms with van der Waals surface area (Å²) in [6.45, 7) is 0. The molecule has 114 valence electrons. The highest BCUT2D eigenvalue weighted by Crippen LogP contribution is 2.34. The molecule has 0 aliphatic carbocycles. The molecule has 0 amide bonds. The van der Waals surface area contributed by atoms with Gasteiger partial charge in [0.15, 0.2) is 11.5 Å². The average Bonchev–Trinajstić information content (AvgIpc) is 2.70. The number of halogens is 8. The number of hydrogen-bond donors (Lipinski definition) is 0. The fourth-order valence-corrected chi connectivity index (χ4v) is 1.85. The Labute approximate surface area is 123 Å². The molecule has 0 saturated heterocycles. The van der Waals surface area contributed by atoms with Crippen LogP contribution in [0.3, 0.4) is 0 Å². The largest absolute Gasteiger partial charge is 0.435 e. The molecule has 0 fully saturated rings. The van der Waals surface area contributed by atoms with Crippen LogP contribution < -0.4 is 0 Å². The van der Waals surface area contributed by atoms with E-state index >= 15 is 0 Å². The highest BCUT2D eigenvalue weighted by Gasteiger charge is 2.36. The second-order valence-electron chi connectivity index (χ2n) is 3.79. The zero-order valence-electron chi connectivity index (χ0n) is 9.60. The van der Waals surface area contributed by atoms with Crippen molar-refractivity contribution in [2.45, 2.75) is 12.4 Å². The standard InChI is InChI=1S/C10H3Cl2F6N3/c11-5-1-4(9(13,14)15)3-19-8(5)21-7(12)2-6(20-21)10(16,17)18/h1-3H. The second kappa shape index (κ2) is 5.06. The van der Waals surface area contributed by atoms with E-state index in [2.05, 4.69) is 10.1 Å². The van der Waals surface area contributed by atoms with Gasteiger partial charge in [-0.25, -0.2) is 9.67 Å². The fraction of sp³-hybridized carbons (Fsp3) is 0.200. The van der Waals surface area contributed by atoms with Crippen LogP contribution in [0.1, 0.15) is 11.3 Å². The number of pyridine rings is 1. The van der Waals surface area contributed by atoms with E-state index in [4.69, 9.17) is 23.2 Å². The Bertz CT molecular complexity index is 676. The molecule has 0 aliphatic rings. The summed E-state index contributed by atoms with van der Waals surface area (Å²) in [5.74, 6) is -0.440. The van der Waals surface area contributed by atoms with E-state index in [9.17, 15) is 26.3 Å². The van der Waals surface area contributed by atoms with E-state index in [0.717, 1.165) is 0 Å². The molecule has 2 heterocycles. The Hall–Kier alpha value is -1.48. The third-order valence-corrected chi connectivity index (χ3v) is 2.85. The zero-order valence-corrected chi connectivity index (χ0v) is 11.1. The van der Waals surface area contributed by atoms with Gasteiger partial charge in [-0.05, 0) is 6.07 Å². The molecule has 2 aromatic rings. The first kappa shape index (κ1) is 15.9. The smallest absolute Gasteiger partial charge is 0.235 e. The van der Waals surface area contributed by atoms with Gasteiger partial charge in [-0.2, -0.15) is 31.4 Å². The Morgan fingerprint density at radius 1 is 0.952 bits per heavy atom. The number of alkyl halides is 6. The van der Waals surface area contributed by atoms with Crippen molar-refractivity contribution < 1.29 is 26.3 Å². The van der Waals surface area contributed by atoms with Crippen molar-refractivity contribution in [2.75, 3.05) is 0 Å². The summed E-state index contributed by atoms with van der Waals surface area (Å²) in [6.07, 6.45) is -9.01. The molecule has 0 radical (unpaired) electrons. The van der Waals surface area contributed by atoms with Gasteiger partial charge in [-0.1, -0.05) is 23.2 Å². The summed E-state index contributed by atoms with van der Waals surface area (Å²) >= 11 is 11.2. The summed E-state index contributed by atoms with van der Waals surface area (Å²) in [6, 6.07) is 1.03. The summed E-state index contributed by atoms with van der Waals surface area (Å²) in [7, 11) is 0. The molecule has 21 heavy (non-hydrogen) atoms. The zero-order chi connectivity index (χ0) is 16.0. The van der Waals surface area contributed by atoms with Gasteiger partial charge < -0.3 is 0 Å². The third kappa shape index (κ3) is 3.24. The maximum absolute atomic E-state index is 12.5. The maximum atomic E-state index is 12.5. The molecule has 0 bridgehead atoms. The normalized spacial score (nSPS) is 12.8. The van der Waals surface area contributed by atoms with Gasteiger partial charge in [0, 0.05) is 12.3 Å². The van der Waals surface area contributed by atoms with E-state index in [1.807, 2.05) is 0 Å². The molecular formula is C10H3Cl2F6N3. The Morgan fingerprint density at radius 3 is 2.00 bits per heavy atom. The summed E-state index contributed by atoms with van der Waals surface area (Å²) < 4.78 is 75.3. The number of hydrogen-bond acceptors (Lipinski definition) is 2. The summed E-state index contributed by atoms with van der Waals surface area (Å²) in [4.78, 5) is 3.37. The van der Waals surface area contributed by atoms with Gasteiger partial charge >= 0.3 is 12.4 Å². The van der Waals surface area contributed by atoms with Crippen molar-refractivity contribution in [1.82, 2.24) is 14.8 Å². The average molecular weight is 350 g/mol. The molecule has 0 unspecified atom stereocenters. The van der Waals surface area contributed by atoms with Crippen molar-refractivity contribution in [1.29, 1.82) is 0 Å². The van der Waals surface area contributed by atoms with Crippen LogP contribution in [0.2, 0.25) is 10.2 Å². The molecule has 0 saturated carbocycles. The first-order valence-electron chi connectivity index (χ1n) is 5.06. The Kier molecular flexibility index (Phi) is 3.83. The van der Waals surface area contributed by atoms with Crippen LogP contribution in [-0.2, 0) is 12.4 Å². The molecule has 0 aliphatic heterocycles. The molecule has 11 heteroatoms. The molecule has 0 aromatic carbocycles. The number of nitrogens with zero attached hydrogens (tertiary/aromatic N) is 3. The van der Waals surface area contributed by atoms with Crippen molar-refractivity contribution in [3.05, 3.63) is 39.8 Å². The van der Waals surface area contributed by atoms with Gasteiger partial charge in [0.25, 0.3) is 0 Å². The van der Waals surface area contributed by atoms with Crippen LogP contribution in [0.15, 0.2) is 18.3 Å². The molecular weight excluding hydrogens is 347 g/mol. The maximum Gasteiger partial charge on any atom is 0.435 e. The predicted molar refractivity (Wildman–Crippen MR) is 61.4 cm³/mol. The van der Waals surface area contributed by atoms with E-state index in [-0.39, 0.29) is 0 Å². The van der Waals surface area contributed by atoms with Crippen molar-refractivity contribution in [2.24, 2.45) is 0 Å². The van der Waals surface area contributed by atoms with Gasteiger partial charge in [0.1, 0.15) is 5.15 Å². The van der Waals surface area contributed by atoms with Crippen molar-refractivity contribution >= 4 is 23.2 Å². The first-order chi connectivity index (χ1) is 9.50. The van der Waals surface area contributed by atoms with Crippen LogP contribution in [-0.4, -0.2) is 14.8 Å². The number of rotatable bonds is 1. The van der Waals surface area contributed by atoms with Crippen LogP contribution in [0.25, 0.3) is 5.82 Å². The molecule has 0 spiro atoms.